The summed E-state index contributed by atoms with van der Waals surface area (Å²) in [5.74, 6) is 3.29. The fourth-order valence-corrected chi connectivity index (χ4v) is 2.06. The lowest BCUT2D eigenvalue weighted by Gasteiger charge is -2.15. The average molecular weight is 264 g/mol. The molecule has 5 heteroatoms. The molecule has 19 heavy (non-hydrogen) atoms. The van der Waals surface area contributed by atoms with Crippen LogP contribution in [0, 0.1) is 0 Å². The van der Waals surface area contributed by atoms with Crippen molar-refractivity contribution in [2.24, 2.45) is 0 Å². The van der Waals surface area contributed by atoms with Crippen molar-refractivity contribution in [1.82, 2.24) is 9.97 Å². The maximum Gasteiger partial charge on any atom is 0.136 e. The molecule has 0 radical (unpaired) electrons. The molecule has 0 bridgehead atoms. The summed E-state index contributed by atoms with van der Waals surface area (Å²) in [4.78, 5) is 9.15. The molecule has 1 aliphatic carbocycles. The van der Waals surface area contributed by atoms with Crippen molar-refractivity contribution in [3.05, 3.63) is 11.9 Å². The van der Waals surface area contributed by atoms with Crippen LogP contribution in [0.25, 0.3) is 0 Å². The Morgan fingerprint density at radius 2 is 2.11 bits per heavy atom. The number of hydrogen-bond acceptors (Lipinski definition) is 5. The van der Waals surface area contributed by atoms with Crippen LogP contribution < -0.4 is 10.6 Å². The van der Waals surface area contributed by atoms with E-state index < -0.39 is 0 Å². The lowest BCUT2D eigenvalue weighted by molar-refractivity contribution is 0.282. The maximum atomic E-state index is 8.86. The average Bonchev–Trinajstić information content (AvgIpc) is 3.20. The van der Waals surface area contributed by atoms with Crippen LogP contribution in [0.2, 0.25) is 0 Å². The van der Waals surface area contributed by atoms with Gasteiger partial charge in [0.2, 0.25) is 0 Å². The Kier molecular flexibility index (Phi) is 4.96. The van der Waals surface area contributed by atoms with Gasteiger partial charge < -0.3 is 15.7 Å². The van der Waals surface area contributed by atoms with Crippen molar-refractivity contribution < 1.29 is 5.11 Å². The van der Waals surface area contributed by atoms with Gasteiger partial charge in [-0.1, -0.05) is 0 Å². The summed E-state index contributed by atoms with van der Waals surface area (Å²) in [6.07, 6.45) is 4.16. The number of nitrogens with zero attached hydrogens (tertiary/aromatic N) is 2. The molecule has 1 aromatic rings. The highest BCUT2D eigenvalue weighted by molar-refractivity contribution is 5.48. The van der Waals surface area contributed by atoms with Crippen LogP contribution in [0.15, 0.2) is 6.07 Å². The highest BCUT2D eigenvalue weighted by Crippen LogP contribution is 2.38. The molecule has 1 aliphatic rings. The molecule has 2 rings (SSSR count). The highest BCUT2D eigenvalue weighted by Gasteiger charge is 2.27. The highest BCUT2D eigenvalue weighted by atomic mass is 16.2. The molecule has 1 aromatic heterocycles. The smallest absolute Gasteiger partial charge is 0.136 e. The Bertz CT molecular complexity index is 406. The maximum absolute atomic E-state index is 8.86. The number of aliphatic hydroxyl groups excluding tert-OH is 1. The largest absolute Gasteiger partial charge is 0.396 e. The number of hydrogen-bond donors (Lipinski definition) is 3. The summed E-state index contributed by atoms with van der Waals surface area (Å²) in [5.41, 5.74) is 0. The molecular weight excluding hydrogens is 240 g/mol. The molecule has 106 valence electrons. The van der Waals surface area contributed by atoms with Crippen molar-refractivity contribution in [2.45, 2.75) is 51.5 Å². The van der Waals surface area contributed by atoms with Crippen LogP contribution in [0.5, 0.6) is 0 Å². The third-order valence-electron chi connectivity index (χ3n) is 3.23. The van der Waals surface area contributed by atoms with Gasteiger partial charge in [0, 0.05) is 31.2 Å². The van der Waals surface area contributed by atoms with Crippen LogP contribution in [0.3, 0.4) is 0 Å². The Morgan fingerprint density at radius 1 is 1.37 bits per heavy atom. The summed E-state index contributed by atoms with van der Waals surface area (Å²) in [7, 11) is 0. The van der Waals surface area contributed by atoms with E-state index in [-0.39, 0.29) is 6.61 Å². The SMILES string of the molecule is CCNc1cc(NC(C)CCCO)nc(C2CC2)n1. The van der Waals surface area contributed by atoms with E-state index in [1.54, 1.807) is 0 Å². The lowest BCUT2D eigenvalue weighted by Crippen LogP contribution is -2.17. The van der Waals surface area contributed by atoms with E-state index in [9.17, 15) is 0 Å². The summed E-state index contributed by atoms with van der Waals surface area (Å²) in [5, 5.41) is 15.5. The zero-order valence-electron chi connectivity index (χ0n) is 11.8. The van der Waals surface area contributed by atoms with Gasteiger partial charge in [-0.2, -0.15) is 0 Å². The van der Waals surface area contributed by atoms with Gasteiger partial charge in [-0.3, -0.25) is 0 Å². The quantitative estimate of drug-likeness (QED) is 0.672. The van der Waals surface area contributed by atoms with E-state index in [1.165, 1.54) is 12.8 Å². The Labute approximate surface area is 114 Å². The van der Waals surface area contributed by atoms with E-state index in [4.69, 9.17) is 5.11 Å². The molecule has 1 unspecified atom stereocenters. The second-order valence-electron chi connectivity index (χ2n) is 5.21. The number of rotatable bonds is 8. The number of aliphatic hydroxyl groups is 1. The van der Waals surface area contributed by atoms with Crippen LogP contribution in [0.1, 0.15) is 51.3 Å². The van der Waals surface area contributed by atoms with Gasteiger partial charge in [-0.25, -0.2) is 9.97 Å². The van der Waals surface area contributed by atoms with Gasteiger partial charge in [-0.05, 0) is 39.5 Å². The van der Waals surface area contributed by atoms with E-state index in [2.05, 4.69) is 34.4 Å². The predicted octanol–water partition coefficient (Wildman–Crippen LogP) is 2.36. The van der Waals surface area contributed by atoms with Crippen molar-refractivity contribution in [1.29, 1.82) is 0 Å². The minimum atomic E-state index is 0.242. The van der Waals surface area contributed by atoms with Gasteiger partial charge in [0.25, 0.3) is 0 Å². The Balaban J connectivity index is 2.05. The molecule has 1 saturated carbocycles. The Morgan fingerprint density at radius 3 is 2.74 bits per heavy atom. The number of nitrogens with one attached hydrogen (secondary N) is 2. The summed E-state index contributed by atoms with van der Waals surface area (Å²) in [6, 6.07) is 2.27. The molecular formula is C14H24N4O. The molecule has 0 amide bonds. The van der Waals surface area contributed by atoms with Crippen LogP contribution in [0.4, 0.5) is 11.6 Å². The first kappa shape index (κ1) is 14.1. The summed E-state index contributed by atoms with van der Waals surface area (Å²) >= 11 is 0. The molecule has 1 fully saturated rings. The van der Waals surface area contributed by atoms with E-state index >= 15 is 0 Å². The zero-order valence-corrected chi connectivity index (χ0v) is 11.8. The first-order valence-electron chi connectivity index (χ1n) is 7.23. The monoisotopic (exact) mass is 264 g/mol. The van der Waals surface area contributed by atoms with E-state index in [0.717, 1.165) is 36.8 Å². The minimum Gasteiger partial charge on any atom is -0.396 e. The van der Waals surface area contributed by atoms with Gasteiger partial charge in [0.1, 0.15) is 17.5 Å². The van der Waals surface area contributed by atoms with Gasteiger partial charge in [-0.15, -0.1) is 0 Å². The standard InChI is InChI=1S/C14H24N4O/c1-3-15-12-9-13(16-10(2)5-4-8-19)18-14(17-12)11-6-7-11/h9-11,19H,3-8H2,1-2H3,(H2,15,16,17,18). The van der Waals surface area contributed by atoms with Gasteiger partial charge >= 0.3 is 0 Å². The van der Waals surface area contributed by atoms with Crippen molar-refractivity contribution in [3.63, 3.8) is 0 Å². The second-order valence-corrected chi connectivity index (χ2v) is 5.21. The predicted molar refractivity (Wildman–Crippen MR) is 77.6 cm³/mol. The first-order valence-corrected chi connectivity index (χ1v) is 7.23. The van der Waals surface area contributed by atoms with Crippen molar-refractivity contribution in [2.75, 3.05) is 23.8 Å². The van der Waals surface area contributed by atoms with E-state index in [0.29, 0.717) is 12.0 Å². The fourth-order valence-electron chi connectivity index (χ4n) is 2.06. The third kappa shape index (κ3) is 4.35. The molecule has 0 saturated heterocycles. The third-order valence-corrected chi connectivity index (χ3v) is 3.23. The number of anilines is 2. The summed E-state index contributed by atoms with van der Waals surface area (Å²) < 4.78 is 0. The Hall–Kier alpha value is -1.36. The van der Waals surface area contributed by atoms with E-state index in [1.807, 2.05) is 6.07 Å². The molecule has 0 aliphatic heterocycles. The molecule has 0 spiro atoms. The van der Waals surface area contributed by atoms with Crippen LogP contribution >= 0.6 is 0 Å². The molecule has 1 atom stereocenters. The molecule has 1 heterocycles. The van der Waals surface area contributed by atoms with Gasteiger partial charge in [0.05, 0.1) is 0 Å². The zero-order chi connectivity index (χ0) is 13.7. The second kappa shape index (κ2) is 6.70. The minimum absolute atomic E-state index is 0.242. The normalized spacial score (nSPS) is 16.2. The van der Waals surface area contributed by atoms with Crippen LogP contribution in [-0.2, 0) is 0 Å². The molecule has 5 nitrogen and oxygen atoms in total. The topological polar surface area (TPSA) is 70.1 Å². The van der Waals surface area contributed by atoms with Crippen molar-refractivity contribution in [3.8, 4) is 0 Å². The lowest BCUT2D eigenvalue weighted by atomic mass is 10.2. The molecule has 3 N–H and O–H groups in total. The fraction of sp³-hybridized carbons (Fsp3) is 0.714. The first-order chi connectivity index (χ1) is 9.22. The summed E-state index contributed by atoms with van der Waals surface area (Å²) in [6.45, 7) is 5.28. The van der Waals surface area contributed by atoms with Gasteiger partial charge in [0.15, 0.2) is 0 Å². The number of aromatic nitrogens is 2. The van der Waals surface area contributed by atoms with Crippen LogP contribution in [-0.4, -0.2) is 34.3 Å². The van der Waals surface area contributed by atoms with Crippen molar-refractivity contribution >= 4 is 11.6 Å². The molecule has 0 aromatic carbocycles.